The van der Waals surface area contributed by atoms with E-state index in [1.54, 1.807) is 25.2 Å². The minimum atomic E-state index is -0.291. The molecule has 3 rings (SSSR count). The molecule has 2 aromatic carbocycles. The molecule has 1 N–H and O–H groups in total. The van der Waals surface area contributed by atoms with Crippen molar-refractivity contribution in [1.82, 2.24) is 15.1 Å². The third-order valence-corrected chi connectivity index (χ3v) is 3.97. The zero-order valence-electron chi connectivity index (χ0n) is 15.9. The van der Waals surface area contributed by atoms with E-state index in [1.807, 2.05) is 51.1 Å². The van der Waals surface area contributed by atoms with Crippen molar-refractivity contribution in [3.63, 3.8) is 0 Å². The van der Waals surface area contributed by atoms with Crippen molar-refractivity contribution in [1.29, 1.82) is 0 Å². The van der Waals surface area contributed by atoms with Crippen LogP contribution in [0.4, 0.5) is 0 Å². The molecule has 0 radical (unpaired) electrons. The van der Waals surface area contributed by atoms with E-state index in [0.717, 1.165) is 16.6 Å². The highest BCUT2D eigenvalue weighted by Gasteiger charge is 2.14. The van der Waals surface area contributed by atoms with Gasteiger partial charge in [-0.3, -0.25) is 9.59 Å². The van der Waals surface area contributed by atoms with Crippen LogP contribution in [-0.4, -0.2) is 27.8 Å². The van der Waals surface area contributed by atoms with Crippen LogP contribution in [0.2, 0.25) is 0 Å². The maximum Gasteiger partial charge on any atom is 0.274 e. The molecule has 0 atom stereocenters. The molecule has 0 aliphatic rings. The summed E-state index contributed by atoms with van der Waals surface area (Å²) in [6, 6.07) is 14.7. The maximum absolute atomic E-state index is 12.3. The number of carbonyl (C=O) groups excluding carboxylic acids is 1. The molecule has 0 bridgehead atoms. The van der Waals surface area contributed by atoms with E-state index in [2.05, 4.69) is 10.4 Å². The summed E-state index contributed by atoms with van der Waals surface area (Å²) in [5, 5.41) is 8.70. The van der Waals surface area contributed by atoms with Crippen molar-refractivity contribution in [2.45, 2.75) is 26.3 Å². The number of fused-ring (bicyclic) bond motifs is 1. The maximum atomic E-state index is 12.3. The van der Waals surface area contributed by atoms with Crippen LogP contribution in [0.15, 0.2) is 53.3 Å². The van der Waals surface area contributed by atoms with Crippen LogP contribution in [0, 0.1) is 0 Å². The van der Waals surface area contributed by atoms with Gasteiger partial charge in [-0.15, -0.1) is 0 Å². The van der Waals surface area contributed by atoms with Gasteiger partial charge in [0.2, 0.25) is 0 Å². The minimum Gasteiger partial charge on any atom is -0.484 e. The van der Waals surface area contributed by atoms with Crippen molar-refractivity contribution < 1.29 is 9.53 Å². The lowest BCUT2D eigenvalue weighted by atomic mass is 10.1. The Morgan fingerprint density at radius 2 is 1.70 bits per heavy atom. The average molecular weight is 365 g/mol. The highest BCUT2D eigenvalue weighted by atomic mass is 16.5. The molecule has 0 saturated carbocycles. The minimum absolute atomic E-state index is 0.0440. The zero-order chi connectivity index (χ0) is 19.6. The van der Waals surface area contributed by atoms with E-state index in [9.17, 15) is 9.59 Å². The summed E-state index contributed by atoms with van der Waals surface area (Å²) in [6.45, 7) is 5.72. The molecule has 0 aliphatic carbocycles. The van der Waals surface area contributed by atoms with E-state index in [0.29, 0.717) is 11.1 Å². The van der Waals surface area contributed by atoms with Gasteiger partial charge < -0.3 is 10.1 Å². The van der Waals surface area contributed by atoms with E-state index in [4.69, 9.17) is 4.74 Å². The van der Waals surface area contributed by atoms with E-state index in [1.165, 1.54) is 4.68 Å². The lowest BCUT2D eigenvalue weighted by Gasteiger charge is -2.20. The van der Waals surface area contributed by atoms with Gasteiger partial charge in [-0.05, 0) is 51.1 Å². The largest absolute Gasteiger partial charge is 0.484 e. The SMILES string of the molecule is Cn1nc(-c2ccc(OCC(=O)NC(C)(C)C)cc2)c2ccccc2c1=O. The van der Waals surface area contributed by atoms with Gasteiger partial charge in [0.05, 0.1) is 11.1 Å². The van der Waals surface area contributed by atoms with Crippen LogP contribution in [0.5, 0.6) is 5.75 Å². The number of aromatic nitrogens is 2. The van der Waals surface area contributed by atoms with Crippen molar-refractivity contribution in [2.75, 3.05) is 6.61 Å². The molecule has 27 heavy (non-hydrogen) atoms. The van der Waals surface area contributed by atoms with Crippen molar-refractivity contribution >= 4 is 16.7 Å². The first-order valence-corrected chi connectivity index (χ1v) is 8.75. The quantitative estimate of drug-likeness (QED) is 0.772. The number of ether oxygens (including phenoxy) is 1. The summed E-state index contributed by atoms with van der Waals surface area (Å²) in [6.07, 6.45) is 0. The Balaban J connectivity index is 1.82. The first-order chi connectivity index (χ1) is 12.7. The average Bonchev–Trinajstić information content (AvgIpc) is 2.62. The molecule has 1 amide bonds. The third-order valence-electron chi connectivity index (χ3n) is 3.97. The molecule has 0 fully saturated rings. The number of hydrogen-bond donors (Lipinski definition) is 1. The first-order valence-electron chi connectivity index (χ1n) is 8.75. The van der Waals surface area contributed by atoms with Gasteiger partial charge in [0.15, 0.2) is 6.61 Å². The number of amides is 1. The van der Waals surface area contributed by atoms with Crippen molar-refractivity contribution in [3.8, 4) is 17.0 Å². The van der Waals surface area contributed by atoms with Gasteiger partial charge in [-0.2, -0.15) is 5.10 Å². The van der Waals surface area contributed by atoms with Crippen molar-refractivity contribution in [2.24, 2.45) is 7.05 Å². The van der Waals surface area contributed by atoms with Crippen LogP contribution < -0.4 is 15.6 Å². The molecule has 0 aliphatic heterocycles. The second kappa shape index (κ2) is 7.23. The summed E-state index contributed by atoms with van der Waals surface area (Å²) < 4.78 is 6.89. The van der Waals surface area contributed by atoms with Crippen molar-refractivity contribution in [3.05, 3.63) is 58.9 Å². The second-order valence-corrected chi connectivity index (χ2v) is 7.43. The summed E-state index contributed by atoms with van der Waals surface area (Å²) in [5.74, 6) is 0.425. The summed E-state index contributed by atoms with van der Waals surface area (Å²) in [5.41, 5.74) is 1.18. The van der Waals surface area contributed by atoms with Gasteiger partial charge in [0.1, 0.15) is 5.75 Å². The Kier molecular flexibility index (Phi) is 4.99. The standard InChI is InChI=1S/C21H23N3O3/c1-21(2,3)22-18(25)13-27-15-11-9-14(10-12-15)19-16-7-5-6-8-17(16)20(26)24(4)23-19/h5-12H,13H2,1-4H3,(H,22,25). The topological polar surface area (TPSA) is 73.2 Å². The molecule has 6 nitrogen and oxygen atoms in total. The van der Waals surface area contributed by atoms with Crippen LogP contribution in [0.1, 0.15) is 20.8 Å². The number of hydrogen-bond acceptors (Lipinski definition) is 4. The number of benzene rings is 2. The molecular formula is C21H23N3O3. The van der Waals surface area contributed by atoms with Crippen LogP contribution in [0.25, 0.3) is 22.0 Å². The Hall–Kier alpha value is -3.15. The van der Waals surface area contributed by atoms with Gasteiger partial charge in [-0.1, -0.05) is 18.2 Å². The normalized spacial score (nSPS) is 11.4. The zero-order valence-corrected chi connectivity index (χ0v) is 15.9. The molecule has 1 aromatic heterocycles. The fourth-order valence-corrected chi connectivity index (χ4v) is 2.83. The van der Waals surface area contributed by atoms with Gasteiger partial charge in [-0.25, -0.2) is 4.68 Å². The van der Waals surface area contributed by atoms with E-state index in [-0.39, 0.29) is 23.6 Å². The molecule has 0 spiro atoms. The molecule has 6 heteroatoms. The number of aryl methyl sites for hydroxylation is 1. The Labute approximate surface area is 157 Å². The highest BCUT2D eigenvalue weighted by molar-refractivity contribution is 5.93. The molecular weight excluding hydrogens is 342 g/mol. The highest BCUT2D eigenvalue weighted by Crippen LogP contribution is 2.26. The number of nitrogens with one attached hydrogen (secondary N) is 1. The third kappa shape index (κ3) is 4.34. The van der Waals surface area contributed by atoms with Gasteiger partial charge in [0, 0.05) is 23.5 Å². The second-order valence-electron chi connectivity index (χ2n) is 7.43. The Bertz CT molecular complexity index is 1030. The fourth-order valence-electron chi connectivity index (χ4n) is 2.83. The lowest BCUT2D eigenvalue weighted by molar-refractivity contribution is -0.124. The van der Waals surface area contributed by atoms with Crippen LogP contribution >= 0.6 is 0 Å². The predicted octanol–water partition coefficient (Wildman–Crippen LogP) is 2.89. The molecule has 3 aromatic rings. The molecule has 1 heterocycles. The monoisotopic (exact) mass is 365 g/mol. The fraction of sp³-hybridized carbons (Fsp3) is 0.286. The van der Waals surface area contributed by atoms with Gasteiger partial charge in [0.25, 0.3) is 11.5 Å². The smallest absolute Gasteiger partial charge is 0.274 e. The summed E-state index contributed by atoms with van der Waals surface area (Å²) in [4.78, 5) is 24.1. The van der Waals surface area contributed by atoms with Crippen LogP contribution in [0.3, 0.4) is 0 Å². The van der Waals surface area contributed by atoms with Gasteiger partial charge >= 0.3 is 0 Å². The first kappa shape index (κ1) is 18.6. The predicted molar refractivity (Wildman–Crippen MR) is 106 cm³/mol. The Morgan fingerprint density at radius 3 is 2.33 bits per heavy atom. The number of rotatable bonds is 4. The summed E-state index contributed by atoms with van der Waals surface area (Å²) >= 11 is 0. The van der Waals surface area contributed by atoms with E-state index < -0.39 is 0 Å². The molecule has 0 saturated heterocycles. The van der Waals surface area contributed by atoms with E-state index >= 15 is 0 Å². The Morgan fingerprint density at radius 1 is 1.07 bits per heavy atom. The number of nitrogens with zero attached hydrogens (tertiary/aromatic N) is 2. The number of carbonyl (C=O) groups is 1. The summed E-state index contributed by atoms with van der Waals surface area (Å²) in [7, 11) is 1.64. The molecule has 0 unspecified atom stereocenters. The lowest BCUT2D eigenvalue weighted by Crippen LogP contribution is -2.43. The van der Waals surface area contributed by atoms with Crippen LogP contribution in [-0.2, 0) is 11.8 Å². The molecule has 140 valence electrons.